The summed E-state index contributed by atoms with van der Waals surface area (Å²) < 4.78 is 0. The molecule has 0 aromatic carbocycles. The van der Waals surface area contributed by atoms with Gasteiger partial charge in [0.2, 0.25) is 0 Å². The van der Waals surface area contributed by atoms with Crippen molar-refractivity contribution in [3.63, 3.8) is 0 Å². The van der Waals surface area contributed by atoms with Crippen molar-refractivity contribution in [2.45, 2.75) is 13.8 Å². The third-order valence-corrected chi connectivity index (χ3v) is 1.99. The van der Waals surface area contributed by atoms with Gasteiger partial charge >= 0.3 is 11.6 Å². The molecule has 1 rings (SSSR count). The third kappa shape index (κ3) is 2.98. The zero-order valence-electron chi connectivity index (χ0n) is 10.2. The van der Waals surface area contributed by atoms with Gasteiger partial charge in [-0.15, -0.1) is 10.2 Å². The molecule has 1 heterocycles. The number of H-pyrrole nitrogens is 1. The van der Waals surface area contributed by atoms with Crippen LogP contribution in [0.15, 0.2) is 21.7 Å². The van der Waals surface area contributed by atoms with E-state index in [1.165, 1.54) is 0 Å². The number of ketones is 1. The minimum absolute atomic E-state index is 0.477. The average Bonchev–Trinajstić information content (AvgIpc) is 2.72. The van der Waals surface area contributed by atoms with Gasteiger partial charge in [0, 0.05) is 6.92 Å². The quantitative estimate of drug-likeness (QED) is 0.271. The summed E-state index contributed by atoms with van der Waals surface area (Å²) in [7, 11) is 0. The van der Waals surface area contributed by atoms with Gasteiger partial charge in [0.05, 0.1) is 0 Å². The molecule has 0 bridgehead atoms. The van der Waals surface area contributed by atoms with Gasteiger partial charge < -0.3 is 25.3 Å². The summed E-state index contributed by atoms with van der Waals surface area (Å²) in [5, 5.41) is 42.0. The van der Waals surface area contributed by atoms with Crippen LogP contribution in [0.4, 0.5) is 17.3 Å². The largest absolute Gasteiger partial charge is 0.510 e. The maximum Gasteiger partial charge on any atom is 0.448 e. The Morgan fingerprint density at radius 3 is 2.30 bits per heavy atom. The predicted molar refractivity (Wildman–Crippen MR) is 62.4 cm³/mol. The van der Waals surface area contributed by atoms with Gasteiger partial charge in [-0.1, -0.05) is 0 Å². The van der Waals surface area contributed by atoms with Crippen LogP contribution in [0.5, 0.6) is 0 Å². The number of azo groups is 1. The topological polar surface area (TPSA) is 177 Å². The van der Waals surface area contributed by atoms with Gasteiger partial charge in [0.25, 0.3) is 5.69 Å². The van der Waals surface area contributed by atoms with E-state index in [0.717, 1.165) is 13.8 Å². The Labute approximate surface area is 110 Å². The van der Waals surface area contributed by atoms with Crippen molar-refractivity contribution in [3.05, 3.63) is 31.7 Å². The van der Waals surface area contributed by atoms with Gasteiger partial charge in [-0.3, -0.25) is 4.79 Å². The number of rotatable bonds is 5. The molecule has 0 radical (unpaired) electrons. The fourth-order valence-electron chi connectivity index (χ4n) is 1.16. The van der Waals surface area contributed by atoms with E-state index in [9.17, 15) is 30.1 Å². The maximum absolute atomic E-state index is 11.1. The molecule has 12 heteroatoms. The molecule has 0 saturated heterocycles. The van der Waals surface area contributed by atoms with Crippen LogP contribution in [0.25, 0.3) is 0 Å². The van der Waals surface area contributed by atoms with Crippen molar-refractivity contribution in [2.24, 2.45) is 10.2 Å². The molecule has 0 fully saturated rings. The molecule has 0 aliphatic rings. The predicted octanol–water partition coefficient (Wildman–Crippen LogP) is 1.69. The minimum atomic E-state index is -0.999. The maximum atomic E-state index is 11.1. The Kier molecular flexibility index (Phi) is 4.20. The smallest absolute Gasteiger partial charge is 0.448 e. The first-order chi connectivity index (χ1) is 9.25. The number of nitrogens with zero attached hydrogens (tertiary/aromatic N) is 5. The summed E-state index contributed by atoms with van der Waals surface area (Å²) in [5.41, 5.74) is -1.23. The lowest BCUT2D eigenvalue weighted by molar-refractivity contribution is -0.392. The Morgan fingerprint density at radius 1 is 1.30 bits per heavy atom. The third-order valence-electron chi connectivity index (χ3n) is 1.99. The van der Waals surface area contributed by atoms with Crippen LogP contribution in [0, 0.1) is 20.2 Å². The lowest BCUT2D eigenvalue weighted by Gasteiger charge is -1.96. The van der Waals surface area contributed by atoms with Crippen LogP contribution < -0.4 is 0 Å². The van der Waals surface area contributed by atoms with Gasteiger partial charge in [-0.05, 0) is 21.9 Å². The number of hydrogen-bond acceptors (Lipinski definition) is 9. The van der Waals surface area contributed by atoms with Gasteiger partial charge in [0.15, 0.2) is 11.5 Å². The molecule has 2 N–H and O–H groups in total. The van der Waals surface area contributed by atoms with E-state index in [1.54, 1.807) is 0 Å². The highest BCUT2D eigenvalue weighted by molar-refractivity contribution is 5.93. The van der Waals surface area contributed by atoms with Crippen LogP contribution in [0.2, 0.25) is 0 Å². The normalized spacial score (nSPS) is 12.3. The van der Waals surface area contributed by atoms with Crippen molar-refractivity contribution in [3.8, 4) is 0 Å². The highest BCUT2D eigenvalue weighted by Crippen LogP contribution is 2.34. The first-order valence-electron chi connectivity index (χ1n) is 4.95. The molecule has 0 amide bonds. The highest BCUT2D eigenvalue weighted by atomic mass is 16.6. The second-order valence-corrected chi connectivity index (χ2v) is 3.45. The van der Waals surface area contributed by atoms with Gasteiger partial charge in [-0.2, -0.15) is 0 Å². The van der Waals surface area contributed by atoms with Crippen LogP contribution in [0.1, 0.15) is 13.8 Å². The van der Waals surface area contributed by atoms with E-state index >= 15 is 0 Å². The Balaban J connectivity index is 3.36. The number of aromatic nitrogens is 2. The molecule has 0 atom stereocenters. The van der Waals surface area contributed by atoms with Crippen molar-refractivity contribution in [1.29, 1.82) is 0 Å². The fourth-order valence-corrected chi connectivity index (χ4v) is 1.16. The summed E-state index contributed by atoms with van der Waals surface area (Å²) >= 11 is 0. The van der Waals surface area contributed by atoms with Crippen molar-refractivity contribution in [2.75, 3.05) is 0 Å². The molecule has 0 unspecified atom stereocenters. The molecular formula is C8H8N6O6. The Morgan fingerprint density at radius 2 is 1.90 bits per heavy atom. The average molecular weight is 284 g/mol. The van der Waals surface area contributed by atoms with Gasteiger partial charge in [-0.25, -0.2) is 0 Å². The standard InChI is InChI=1S/C8H8N6O6/c1-3(15)5(4(2)16)9-10-6-7(13(17)18)11-12-8(6)14(19)20/h15H,1-2H3,(H,11,12)/b5-3-,10-9?. The molecule has 1 aromatic heterocycles. The van der Waals surface area contributed by atoms with E-state index in [0.29, 0.717) is 0 Å². The minimum Gasteiger partial charge on any atom is -0.510 e. The molecule has 0 saturated carbocycles. The number of aromatic amines is 1. The molecular weight excluding hydrogens is 276 g/mol. The number of aliphatic hydroxyl groups excluding tert-OH is 1. The van der Waals surface area contributed by atoms with Crippen LogP contribution in [0.3, 0.4) is 0 Å². The molecule has 20 heavy (non-hydrogen) atoms. The zero-order valence-corrected chi connectivity index (χ0v) is 10.2. The number of nitro groups is 2. The van der Waals surface area contributed by atoms with E-state index < -0.39 is 44.4 Å². The van der Waals surface area contributed by atoms with Gasteiger partial charge in [0.1, 0.15) is 10.9 Å². The number of carbonyl (C=O) groups is 1. The summed E-state index contributed by atoms with van der Waals surface area (Å²) in [6, 6.07) is 0. The molecule has 12 nitrogen and oxygen atoms in total. The second-order valence-electron chi connectivity index (χ2n) is 3.45. The first kappa shape index (κ1) is 14.9. The summed E-state index contributed by atoms with van der Waals surface area (Å²) in [6.45, 7) is 2.22. The van der Waals surface area contributed by atoms with E-state index in [-0.39, 0.29) is 0 Å². The van der Waals surface area contributed by atoms with E-state index in [1.807, 2.05) is 5.10 Å². The Hall–Kier alpha value is -3.18. The van der Waals surface area contributed by atoms with Crippen molar-refractivity contribution < 1.29 is 19.7 Å². The number of carbonyl (C=O) groups excluding carboxylic acids is 1. The fraction of sp³-hybridized carbons (Fsp3) is 0.250. The highest BCUT2D eigenvalue weighted by Gasteiger charge is 2.32. The SMILES string of the molecule is CC(=O)/C(N=Nc1c([N+](=O)[O-])n[nH]c1[N+](=O)[O-])=C(\C)O. The van der Waals surface area contributed by atoms with Crippen molar-refractivity contribution >= 4 is 23.1 Å². The zero-order chi connectivity index (χ0) is 15.4. The lowest BCUT2D eigenvalue weighted by atomic mass is 10.3. The molecule has 0 aliphatic heterocycles. The Bertz CT molecular complexity index is 608. The lowest BCUT2D eigenvalue weighted by Crippen LogP contribution is -1.96. The number of Topliss-reactive ketones (excluding diaryl/α,β-unsaturated/α-hetero) is 1. The van der Waals surface area contributed by atoms with Crippen LogP contribution in [-0.2, 0) is 4.79 Å². The molecule has 1 aromatic rings. The summed E-state index contributed by atoms with van der Waals surface area (Å²) in [4.78, 5) is 30.4. The van der Waals surface area contributed by atoms with Crippen LogP contribution >= 0.6 is 0 Å². The van der Waals surface area contributed by atoms with Crippen LogP contribution in [-0.4, -0.2) is 30.9 Å². The number of hydrogen-bond donors (Lipinski definition) is 2. The first-order valence-corrected chi connectivity index (χ1v) is 4.95. The number of nitrogens with one attached hydrogen (secondary N) is 1. The summed E-state index contributed by atoms with van der Waals surface area (Å²) in [5.74, 6) is -2.91. The van der Waals surface area contributed by atoms with E-state index in [2.05, 4.69) is 15.3 Å². The second kappa shape index (κ2) is 5.64. The number of aliphatic hydroxyl groups is 1. The summed E-state index contributed by atoms with van der Waals surface area (Å²) in [6.07, 6.45) is 0. The van der Waals surface area contributed by atoms with Crippen molar-refractivity contribution in [1.82, 2.24) is 10.2 Å². The molecule has 106 valence electrons. The monoisotopic (exact) mass is 284 g/mol. The molecule has 0 aliphatic carbocycles. The van der Waals surface area contributed by atoms with E-state index in [4.69, 9.17) is 0 Å². The number of allylic oxidation sites excluding steroid dienone is 2. The molecule has 0 spiro atoms.